The van der Waals surface area contributed by atoms with Crippen LogP contribution in [0, 0.1) is 6.92 Å². The van der Waals surface area contributed by atoms with E-state index >= 15 is 0 Å². The Labute approximate surface area is 193 Å². The minimum Gasteiger partial charge on any atom is -0.491 e. The molecule has 3 heterocycles. The highest BCUT2D eigenvalue weighted by molar-refractivity contribution is 5.94. The third kappa shape index (κ3) is 5.84. The maximum atomic E-state index is 12.8. The highest BCUT2D eigenvalue weighted by Gasteiger charge is 2.24. The molecule has 8 nitrogen and oxygen atoms in total. The van der Waals surface area contributed by atoms with E-state index in [1.165, 1.54) is 6.20 Å². The van der Waals surface area contributed by atoms with Gasteiger partial charge in [0.2, 0.25) is 5.88 Å². The number of hydrogen-bond donors (Lipinski definition) is 1. The summed E-state index contributed by atoms with van der Waals surface area (Å²) in [5.74, 6) is 1.80. The third-order valence-corrected chi connectivity index (χ3v) is 5.23. The highest BCUT2D eigenvalue weighted by Crippen LogP contribution is 2.33. The van der Waals surface area contributed by atoms with Crippen LogP contribution < -0.4 is 14.8 Å². The summed E-state index contributed by atoms with van der Waals surface area (Å²) in [6, 6.07) is 9.15. The molecule has 0 bridgehead atoms. The summed E-state index contributed by atoms with van der Waals surface area (Å²) < 4.78 is 16.9. The molecule has 33 heavy (non-hydrogen) atoms. The van der Waals surface area contributed by atoms with Crippen LogP contribution in [0.5, 0.6) is 11.6 Å². The van der Waals surface area contributed by atoms with E-state index in [4.69, 9.17) is 14.2 Å². The molecule has 1 amide bonds. The molecule has 1 aliphatic rings. The van der Waals surface area contributed by atoms with Gasteiger partial charge >= 0.3 is 0 Å². The first-order valence-electron chi connectivity index (χ1n) is 11.0. The number of pyridine rings is 1. The number of aromatic nitrogens is 3. The van der Waals surface area contributed by atoms with E-state index in [1.807, 2.05) is 51.4 Å². The fourth-order valence-electron chi connectivity index (χ4n) is 3.60. The second-order valence-corrected chi connectivity index (χ2v) is 8.14. The Balaban J connectivity index is 1.38. The average Bonchev–Trinajstić information content (AvgIpc) is 2.82. The molecule has 1 atom stereocenters. The Morgan fingerprint density at radius 2 is 1.94 bits per heavy atom. The van der Waals surface area contributed by atoms with Crippen molar-refractivity contribution in [1.82, 2.24) is 20.3 Å². The number of fused-ring (bicyclic) bond motifs is 1. The van der Waals surface area contributed by atoms with Crippen molar-refractivity contribution < 1.29 is 19.0 Å². The molecule has 3 aromatic rings. The maximum absolute atomic E-state index is 12.8. The zero-order chi connectivity index (χ0) is 23.2. The number of nitrogens with zero attached hydrogens (tertiary/aromatic N) is 3. The standard InChI is InChI=1S/C25H28N4O4/c1-16(2)31-9-10-32-24-8-7-18(12-28-24)25(30)29-20-11-22-21(5-4-6-23(22)33-15-20)19-13-26-17(3)27-14-19/h4-8,12-14,16,20H,9-11,15H2,1-3H3,(H,29,30)/t20-/m0/s1. The number of ether oxygens (including phenoxy) is 3. The molecule has 0 fully saturated rings. The Morgan fingerprint density at radius 1 is 1.12 bits per heavy atom. The van der Waals surface area contributed by atoms with Gasteiger partial charge in [-0.15, -0.1) is 0 Å². The highest BCUT2D eigenvalue weighted by atomic mass is 16.5. The van der Waals surface area contributed by atoms with Crippen molar-refractivity contribution in [1.29, 1.82) is 0 Å². The molecule has 172 valence electrons. The molecule has 0 unspecified atom stereocenters. The Bertz CT molecular complexity index is 1080. The number of hydrogen-bond acceptors (Lipinski definition) is 7. The Kier molecular flexibility index (Phi) is 7.14. The van der Waals surface area contributed by atoms with Crippen molar-refractivity contribution in [3.05, 3.63) is 65.9 Å². The molecule has 1 N–H and O–H groups in total. The van der Waals surface area contributed by atoms with Gasteiger partial charge in [0.1, 0.15) is 24.8 Å². The maximum Gasteiger partial charge on any atom is 0.253 e. The average molecular weight is 449 g/mol. The van der Waals surface area contributed by atoms with Crippen LogP contribution in [0.2, 0.25) is 0 Å². The van der Waals surface area contributed by atoms with E-state index in [0.29, 0.717) is 37.7 Å². The Morgan fingerprint density at radius 3 is 2.67 bits per heavy atom. The minimum atomic E-state index is -0.203. The van der Waals surface area contributed by atoms with E-state index in [1.54, 1.807) is 12.1 Å². The van der Waals surface area contributed by atoms with Crippen molar-refractivity contribution in [3.63, 3.8) is 0 Å². The van der Waals surface area contributed by atoms with Gasteiger partial charge in [0.15, 0.2) is 0 Å². The van der Waals surface area contributed by atoms with Crippen LogP contribution in [0.25, 0.3) is 11.1 Å². The van der Waals surface area contributed by atoms with Gasteiger partial charge in [0.05, 0.1) is 24.3 Å². The van der Waals surface area contributed by atoms with Crippen molar-refractivity contribution in [2.45, 2.75) is 39.3 Å². The molecule has 4 rings (SSSR count). The number of carbonyl (C=O) groups excluding carboxylic acids is 1. The van der Waals surface area contributed by atoms with E-state index in [9.17, 15) is 4.79 Å². The van der Waals surface area contributed by atoms with Crippen molar-refractivity contribution >= 4 is 5.91 Å². The van der Waals surface area contributed by atoms with Gasteiger partial charge in [-0.2, -0.15) is 0 Å². The minimum absolute atomic E-state index is 0.157. The SMILES string of the molecule is Cc1ncc(-c2cccc3c2C[C@H](NC(=O)c2ccc(OCCOC(C)C)nc2)CO3)cn1. The monoisotopic (exact) mass is 448 g/mol. The fraction of sp³-hybridized carbons (Fsp3) is 0.360. The lowest BCUT2D eigenvalue weighted by molar-refractivity contribution is 0.0542. The molecule has 0 saturated carbocycles. The van der Waals surface area contributed by atoms with E-state index in [0.717, 1.165) is 28.3 Å². The normalized spacial score (nSPS) is 15.0. The molecule has 0 saturated heterocycles. The van der Waals surface area contributed by atoms with Crippen molar-refractivity contribution in [2.24, 2.45) is 0 Å². The second-order valence-electron chi connectivity index (χ2n) is 8.14. The molecule has 0 radical (unpaired) electrons. The fourth-order valence-corrected chi connectivity index (χ4v) is 3.60. The first kappa shape index (κ1) is 22.7. The Hall–Kier alpha value is -3.52. The number of nitrogens with one attached hydrogen (secondary N) is 1. The quantitative estimate of drug-likeness (QED) is 0.528. The lowest BCUT2D eigenvalue weighted by Crippen LogP contribution is -2.42. The van der Waals surface area contributed by atoms with E-state index in [2.05, 4.69) is 20.3 Å². The van der Waals surface area contributed by atoms with Crippen LogP contribution in [-0.2, 0) is 11.2 Å². The van der Waals surface area contributed by atoms with Crippen LogP contribution in [-0.4, -0.2) is 52.8 Å². The van der Waals surface area contributed by atoms with Crippen LogP contribution in [0.4, 0.5) is 0 Å². The van der Waals surface area contributed by atoms with Crippen molar-refractivity contribution in [3.8, 4) is 22.8 Å². The van der Waals surface area contributed by atoms with Crippen molar-refractivity contribution in [2.75, 3.05) is 19.8 Å². The predicted molar refractivity (Wildman–Crippen MR) is 123 cm³/mol. The molecule has 2 aromatic heterocycles. The summed E-state index contributed by atoms with van der Waals surface area (Å²) in [5.41, 5.74) is 3.43. The van der Waals surface area contributed by atoms with Crippen LogP contribution in [0.15, 0.2) is 48.9 Å². The topological polar surface area (TPSA) is 95.5 Å². The van der Waals surface area contributed by atoms with Crippen LogP contribution in [0.1, 0.15) is 35.6 Å². The van der Waals surface area contributed by atoms with Gasteiger partial charge in [-0.05, 0) is 38.5 Å². The number of carbonyl (C=O) groups is 1. The van der Waals surface area contributed by atoms with Gasteiger partial charge in [0.25, 0.3) is 5.91 Å². The summed E-state index contributed by atoms with van der Waals surface area (Å²) >= 11 is 0. The number of amides is 1. The third-order valence-electron chi connectivity index (χ3n) is 5.23. The number of aryl methyl sites for hydroxylation is 1. The summed E-state index contributed by atoms with van der Waals surface area (Å²) in [7, 11) is 0. The second kappa shape index (κ2) is 10.4. The van der Waals surface area contributed by atoms with Gasteiger partial charge < -0.3 is 19.5 Å². The lowest BCUT2D eigenvalue weighted by Gasteiger charge is -2.28. The molecule has 0 spiro atoms. The molecule has 1 aromatic carbocycles. The van der Waals surface area contributed by atoms with Gasteiger partial charge in [-0.1, -0.05) is 12.1 Å². The van der Waals surface area contributed by atoms with Gasteiger partial charge in [-0.25, -0.2) is 15.0 Å². The van der Waals surface area contributed by atoms with Crippen LogP contribution >= 0.6 is 0 Å². The first-order chi connectivity index (χ1) is 16.0. The smallest absolute Gasteiger partial charge is 0.253 e. The molecule has 0 aliphatic carbocycles. The molecule has 1 aliphatic heterocycles. The van der Waals surface area contributed by atoms with Gasteiger partial charge in [-0.3, -0.25) is 4.79 Å². The molecular weight excluding hydrogens is 420 g/mol. The zero-order valence-electron chi connectivity index (χ0n) is 19.1. The largest absolute Gasteiger partial charge is 0.491 e. The number of benzene rings is 1. The predicted octanol–water partition coefficient (Wildman–Crippen LogP) is 3.38. The van der Waals surface area contributed by atoms with Crippen LogP contribution in [0.3, 0.4) is 0 Å². The van der Waals surface area contributed by atoms with E-state index in [-0.39, 0.29) is 18.1 Å². The summed E-state index contributed by atoms with van der Waals surface area (Å²) in [4.78, 5) is 25.6. The zero-order valence-corrected chi connectivity index (χ0v) is 19.1. The summed E-state index contributed by atoms with van der Waals surface area (Å²) in [6.07, 6.45) is 5.94. The molecular formula is C25H28N4O4. The summed E-state index contributed by atoms with van der Waals surface area (Å²) in [6.45, 7) is 7.09. The van der Waals surface area contributed by atoms with Gasteiger partial charge in [0, 0.05) is 42.2 Å². The number of rotatable bonds is 8. The summed E-state index contributed by atoms with van der Waals surface area (Å²) in [5, 5.41) is 3.05. The first-order valence-corrected chi connectivity index (χ1v) is 11.0. The lowest BCUT2D eigenvalue weighted by atomic mass is 9.94. The molecule has 8 heteroatoms. The van der Waals surface area contributed by atoms with E-state index < -0.39 is 0 Å².